The highest BCUT2D eigenvalue weighted by atomic mass is 19.1. The van der Waals surface area contributed by atoms with Crippen molar-refractivity contribution in [2.45, 2.75) is 73.9 Å². The van der Waals surface area contributed by atoms with Crippen molar-refractivity contribution < 1.29 is 4.39 Å². The van der Waals surface area contributed by atoms with Gasteiger partial charge in [-0.1, -0.05) is 57.2 Å². The maximum Gasteiger partial charge on any atom is 0.126 e. The van der Waals surface area contributed by atoms with Crippen molar-refractivity contribution in [3.05, 3.63) is 70.6 Å². The Morgan fingerprint density at radius 2 is 1.89 bits per heavy atom. The molecule has 0 aliphatic heterocycles. The van der Waals surface area contributed by atoms with Gasteiger partial charge in [0.15, 0.2) is 0 Å². The molecule has 0 bridgehead atoms. The quantitative estimate of drug-likeness (QED) is 0.325. The Morgan fingerprint density at radius 1 is 1.26 bits per heavy atom. The Balaban J connectivity index is 2.74. The van der Waals surface area contributed by atoms with Gasteiger partial charge >= 0.3 is 0 Å². The number of alkyl halides is 1. The van der Waals surface area contributed by atoms with Gasteiger partial charge in [0.2, 0.25) is 0 Å². The van der Waals surface area contributed by atoms with Gasteiger partial charge in [-0.25, -0.2) is 4.39 Å². The molecule has 1 rings (SSSR count). The Morgan fingerprint density at radius 3 is 2.37 bits per heavy atom. The molecule has 0 spiro atoms. The van der Waals surface area contributed by atoms with Crippen LogP contribution in [-0.4, -0.2) is 5.67 Å². The molecule has 2 heteroatoms. The van der Waals surface area contributed by atoms with Crippen LogP contribution in [0, 0.1) is 11.8 Å². The van der Waals surface area contributed by atoms with E-state index in [4.69, 9.17) is 0 Å². The van der Waals surface area contributed by atoms with Gasteiger partial charge < -0.3 is 5.32 Å². The monoisotopic (exact) mass is 371 g/mol. The van der Waals surface area contributed by atoms with E-state index < -0.39 is 5.67 Å². The fourth-order valence-electron chi connectivity index (χ4n) is 2.86. The van der Waals surface area contributed by atoms with Crippen LogP contribution in [0.1, 0.15) is 68.2 Å². The maximum absolute atomic E-state index is 14.0. The van der Waals surface area contributed by atoms with E-state index >= 15 is 0 Å². The van der Waals surface area contributed by atoms with E-state index in [9.17, 15) is 4.39 Å². The fourth-order valence-corrected chi connectivity index (χ4v) is 2.86. The molecule has 1 aliphatic rings. The van der Waals surface area contributed by atoms with E-state index in [2.05, 4.69) is 64.7 Å². The van der Waals surface area contributed by atoms with E-state index in [-0.39, 0.29) is 0 Å². The summed E-state index contributed by atoms with van der Waals surface area (Å²) in [7, 11) is 0. The highest BCUT2D eigenvalue weighted by Gasteiger charge is 2.18. The average Bonchev–Trinajstić information content (AvgIpc) is 2.85. The lowest BCUT2D eigenvalue weighted by Crippen LogP contribution is -2.14. The van der Waals surface area contributed by atoms with E-state index in [0.29, 0.717) is 11.8 Å². The highest BCUT2D eigenvalue weighted by molar-refractivity contribution is 5.42. The third-order valence-electron chi connectivity index (χ3n) is 5.29. The van der Waals surface area contributed by atoms with Gasteiger partial charge in [0, 0.05) is 11.4 Å². The van der Waals surface area contributed by atoms with Crippen molar-refractivity contribution >= 4 is 0 Å². The van der Waals surface area contributed by atoms with Crippen molar-refractivity contribution in [1.82, 2.24) is 5.32 Å². The second-order valence-electron chi connectivity index (χ2n) is 8.60. The van der Waals surface area contributed by atoms with Crippen molar-refractivity contribution in [2.75, 3.05) is 0 Å². The normalized spacial score (nSPS) is 17.8. The van der Waals surface area contributed by atoms with Crippen LogP contribution in [0.5, 0.6) is 0 Å². The third kappa shape index (κ3) is 7.74. The molecule has 1 atom stereocenters. The summed E-state index contributed by atoms with van der Waals surface area (Å²) in [6, 6.07) is 0. The summed E-state index contributed by atoms with van der Waals surface area (Å²) in [6.45, 7) is 20.1. The summed E-state index contributed by atoms with van der Waals surface area (Å²) in [6.07, 6.45) is 12.6. The van der Waals surface area contributed by atoms with Crippen LogP contribution >= 0.6 is 0 Å². The number of allylic oxidation sites excluding steroid dienone is 9. The molecule has 0 saturated heterocycles. The van der Waals surface area contributed by atoms with E-state index in [1.165, 1.54) is 22.4 Å². The van der Waals surface area contributed by atoms with Crippen molar-refractivity contribution in [1.29, 1.82) is 0 Å². The van der Waals surface area contributed by atoms with Crippen LogP contribution in [0.15, 0.2) is 70.6 Å². The summed E-state index contributed by atoms with van der Waals surface area (Å²) < 4.78 is 14.0. The van der Waals surface area contributed by atoms with Crippen LogP contribution in [0.4, 0.5) is 4.39 Å². The average molecular weight is 372 g/mol. The number of halogens is 1. The van der Waals surface area contributed by atoms with Gasteiger partial charge in [0.05, 0.1) is 0 Å². The summed E-state index contributed by atoms with van der Waals surface area (Å²) in [4.78, 5) is 0. The molecule has 0 radical (unpaired) electrons. The lowest BCUT2D eigenvalue weighted by Gasteiger charge is -2.17. The van der Waals surface area contributed by atoms with Crippen LogP contribution in [0.25, 0.3) is 0 Å². The van der Waals surface area contributed by atoms with Crippen LogP contribution in [0.2, 0.25) is 0 Å². The molecule has 0 aromatic carbocycles. The topological polar surface area (TPSA) is 12.0 Å². The summed E-state index contributed by atoms with van der Waals surface area (Å²) in [5, 5.41) is 3.40. The maximum atomic E-state index is 14.0. The van der Waals surface area contributed by atoms with Gasteiger partial charge in [-0.3, -0.25) is 0 Å². The lowest BCUT2D eigenvalue weighted by molar-refractivity contribution is 0.266. The molecule has 1 unspecified atom stereocenters. The Labute approximate surface area is 166 Å². The molecule has 0 amide bonds. The zero-order valence-electron chi connectivity index (χ0n) is 18.5. The zero-order chi connectivity index (χ0) is 20.8. The first-order chi connectivity index (χ1) is 12.4. The van der Waals surface area contributed by atoms with Crippen LogP contribution in [-0.2, 0) is 0 Å². The summed E-state index contributed by atoms with van der Waals surface area (Å²) in [5.41, 5.74) is 5.61. The molecule has 0 aromatic rings. The second-order valence-corrected chi connectivity index (χ2v) is 8.60. The minimum Gasteiger partial charge on any atom is -0.356 e. The zero-order valence-corrected chi connectivity index (χ0v) is 18.5. The molecule has 0 saturated carbocycles. The smallest absolute Gasteiger partial charge is 0.126 e. The lowest BCUT2D eigenvalue weighted by atomic mass is 9.94. The number of nitrogens with one attached hydrogen (secondary N) is 1. The molecular formula is C25H38FN. The molecule has 1 nitrogen and oxygen atoms in total. The predicted molar refractivity (Wildman–Crippen MR) is 118 cm³/mol. The SMILES string of the molecule is C=C(/C=C\C(=C/CC(C)/C=C(\C)C(C)(C)F)C(C)C)NC1=CCC(C)=C1C. The van der Waals surface area contributed by atoms with Gasteiger partial charge in [0.1, 0.15) is 5.67 Å². The van der Waals surface area contributed by atoms with Crippen molar-refractivity contribution in [2.24, 2.45) is 11.8 Å². The Kier molecular flexibility index (Phi) is 8.53. The van der Waals surface area contributed by atoms with Gasteiger partial charge in [-0.2, -0.15) is 0 Å². The highest BCUT2D eigenvalue weighted by Crippen LogP contribution is 2.25. The van der Waals surface area contributed by atoms with Gasteiger partial charge in [-0.05, 0) is 82.1 Å². The predicted octanol–water partition coefficient (Wildman–Crippen LogP) is 7.57. The first-order valence-corrected chi connectivity index (χ1v) is 10.0. The molecule has 27 heavy (non-hydrogen) atoms. The summed E-state index contributed by atoms with van der Waals surface area (Å²) in [5.74, 6) is 0.737. The third-order valence-corrected chi connectivity index (χ3v) is 5.29. The molecule has 1 N–H and O–H groups in total. The standard InChI is InChI=1S/C25H38FN/c1-17(2)23(13-10-18(3)16-20(5)25(8,9)26)14-12-21(6)27-24-15-11-19(4)22(24)7/h12-18,27H,6,10-11H2,1-5,7-9H3/b14-12-,20-16+,23-13+. The first-order valence-electron chi connectivity index (χ1n) is 10.0. The van der Waals surface area contributed by atoms with Crippen molar-refractivity contribution in [3.63, 3.8) is 0 Å². The Hall–Kier alpha value is -1.83. The minimum atomic E-state index is -1.25. The fraction of sp³-hybridized carbons (Fsp3) is 0.520. The van der Waals surface area contributed by atoms with E-state index in [1.54, 1.807) is 13.8 Å². The molecule has 1 aliphatic carbocycles. The number of hydrogen-bond acceptors (Lipinski definition) is 1. The van der Waals surface area contributed by atoms with Gasteiger partial charge in [0.25, 0.3) is 0 Å². The first kappa shape index (κ1) is 23.2. The number of rotatable bonds is 9. The molecular weight excluding hydrogens is 333 g/mol. The molecule has 0 fully saturated rings. The van der Waals surface area contributed by atoms with Crippen molar-refractivity contribution in [3.8, 4) is 0 Å². The summed E-state index contributed by atoms with van der Waals surface area (Å²) >= 11 is 0. The van der Waals surface area contributed by atoms with E-state index in [1.807, 2.05) is 19.1 Å². The molecule has 0 aromatic heterocycles. The van der Waals surface area contributed by atoms with Crippen LogP contribution < -0.4 is 5.32 Å². The van der Waals surface area contributed by atoms with Gasteiger partial charge in [-0.15, -0.1) is 0 Å². The minimum absolute atomic E-state index is 0.308. The number of hydrogen-bond donors (Lipinski definition) is 1. The molecule has 150 valence electrons. The largest absolute Gasteiger partial charge is 0.356 e. The Bertz CT molecular complexity index is 690. The van der Waals surface area contributed by atoms with E-state index in [0.717, 1.165) is 24.1 Å². The molecule has 0 heterocycles. The second kappa shape index (κ2) is 9.92. The van der Waals surface area contributed by atoms with Crippen LogP contribution in [0.3, 0.4) is 0 Å².